The van der Waals surface area contributed by atoms with Crippen LogP contribution in [0, 0.1) is 23.7 Å². The second-order valence-corrected chi connectivity index (χ2v) is 38.6. The number of nitrogens with zero attached hydrogens (tertiary/aromatic N) is 18. The number of benzene rings is 4. The van der Waals surface area contributed by atoms with Gasteiger partial charge in [-0.25, -0.2) is 19.9 Å². The molecule has 4 aliphatic heterocycles. The molecule has 5 N–H and O–H groups in total. The normalized spacial score (nSPS) is 17.9. The van der Waals surface area contributed by atoms with Crippen LogP contribution in [0.1, 0.15) is 148 Å². The smallest absolute Gasteiger partial charge is 0.252 e. The first kappa shape index (κ1) is 108. The molecule has 4 fully saturated rings. The number of nitrogen functional groups attached to an aromatic ring is 1. The first-order valence-corrected chi connectivity index (χ1v) is 50.1. The maximum Gasteiger partial charge on any atom is 0.252 e. The Morgan fingerprint density at radius 1 is 0.386 bits per heavy atom. The lowest BCUT2D eigenvalue weighted by atomic mass is 9.80. The van der Waals surface area contributed by atoms with E-state index in [1.54, 1.807) is 180 Å². The Morgan fingerprint density at radius 2 is 0.710 bits per heavy atom. The Hall–Kier alpha value is -14.7. The number of nitrogens with one attached hydrogen (secondary N) is 3. The average Bonchev–Trinajstić information content (AvgIpc) is 1.31. The summed E-state index contributed by atoms with van der Waals surface area (Å²) < 4.78 is 4.78. The number of thiophene rings is 1. The number of likely N-dealkylation sites (N-methyl/N-ethyl adjacent to an activating group) is 4. The van der Waals surface area contributed by atoms with Crippen LogP contribution in [0.3, 0.4) is 0 Å². The number of likely N-dealkylation sites (tertiary alicyclic amines) is 4. The SMILES string of the molecule is CCNc1cc(C[C@H]2C(=O)N(C(=O)C[C@H](CC)c3cccc(Cl)c3)[C@@H]2C(=O)N(C)c2ccn(C)n2)ccn1.CC[C@@H](CC(=O)N1C(=O)[C@H](Cc2ccnc(NC)c2)[C@H]1C(=O)N(C)c1cccs1)c1ccccc1.CC[C@@H](CC(=O)N1C(=O)[C@H](Cc2ccnc(NC)c2)[C@H]1C(=O)N(C)c1ccn(C)n1)c1cccc(Cl)c1.C[C@@H](CC(=O)N1C(=O)[C@H](Cc2ccnc(N)c2)[C@H]1C(=O)N(C)c1ccn(C)n1)c1cccc(Cl)c1. The summed E-state index contributed by atoms with van der Waals surface area (Å²) in [5.41, 5.74) is 13.0. The number of amides is 12. The molecule has 16 rings (SSSR count). The Morgan fingerprint density at radius 3 is 1.04 bits per heavy atom. The number of anilines is 8. The predicted octanol–water partition coefficient (Wildman–Crippen LogP) is 14.8. The quantitative estimate of drug-likeness (QED) is 0.0268. The van der Waals surface area contributed by atoms with E-state index in [1.807, 2.05) is 167 Å². The van der Waals surface area contributed by atoms with Crippen molar-refractivity contribution in [1.29, 1.82) is 0 Å². The minimum absolute atomic E-state index is 0.0142. The number of β-lactam (4-membered cyclic amide) rings is 4. The van der Waals surface area contributed by atoms with Crippen molar-refractivity contribution in [3.8, 4) is 0 Å². The number of nitrogens with two attached hydrogens (primary N) is 1. The fourth-order valence-corrected chi connectivity index (χ4v) is 19.9. The Kier molecular flexibility index (Phi) is 36.4. The molecular formula is C107H121Cl3N22O12S. The third kappa shape index (κ3) is 25.6. The molecule has 0 saturated carbocycles. The van der Waals surface area contributed by atoms with Crippen LogP contribution in [0.5, 0.6) is 0 Å². The van der Waals surface area contributed by atoms with Crippen LogP contribution >= 0.6 is 46.1 Å². The van der Waals surface area contributed by atoms with E-state index in [4.69, 9.17) is 40.5 Å². The van der Waals surface area contributed by atoms with Gasteiger partial charge < -0.3 is 26.6 Å². The van der Waals surface area contributed by atoms with Gasteiger partial charge in [-0.15, -0.1) is 11.3 Å². The van der Waals surface area contributed by atoms with Crippen molar-refractivity contribution < 1.29 is 57.5 Å². The lowest BCUT2D eigenvalue weighted by Crippen LogP contribution is -2.69. The van der Waals surface area contributed by atoms with Gasteiger partial charge in [0.1, 0.15) is 47.4 Å². The summed E-state index contributed by atoms with van der Waals surface area (Å²) in [6.07, 6.45) is 15.6. The summed E-state index contributed by atoms with van der Waals surface area (Å²) in [7, 11) is 15.3. The summed E-state index contributed by atoms with van der Waals surface area (Å²) in [6.45, 7) is 10.6. The molecule has 0 bridgehead atoms. The minimum Gasteiger partial charge on any atom is -0.384 e. The lowest BCUT2D eigenvalue weighted by molar-refractivity contribution is -0.171. The van der Waals surface area contributed by atoms with Gasteiger partial charge in [-0.1, -0.05) is 129 Å². The van der Waals surface area contributed by atoms with Crippen molar-refractivity contribution in [2.24, 2.45) is 44.8 Å². The largest absolute Gasteiger partial charge is 0.384 e. The predicted molar refractivity (Wildman–Crippen MR) is 560 cm³/mol. The molecule has 4 aromatic carbocycles. The standard InChI is InChI=1S/C28H33ClN6O3.C27H31ClN6O3.C27H30N4O3S.C25H27ClN6O3/c1-5-19(20-8-7-9-21(29)16-20)17-25(36)35-26(28(38)34(4)24-11-13-33(3)32-24)22(27(35)37)14-18-10-12-31-23(15-18)30-6-2;1-5-18(19-7-6-8-20(28)15-19)16-24(35)34-25(27(37)33(4)23-10-12-32(3)31-23)21(26(34)36)13-17-9-11-30-22(14-17)29-2;1-4-19(20-9-6-5-7-10-20)17-23(32)31-25(27(34)30(3)24-11-8-14-35-24)21(26(31)33)15-18-12-13-29-22(16-18)28-2;1-15(17-5-4-6-18(26)14-17)11-22(33)32-23(25(35)31(3)21-8-10-30(2)29-21)19(24(32)34)12-16-7-9-28-20(27)13-16/h7-13,15-16,19,22,26H,5-6,14,17H2,1-4H3,(H,30,31);6-12,14-15,18,21,25H,5,13,16H2,1-4H3,(H,29,30);5-14,16,19,21,25H,4,15,17H2,1-3H3,(H,28,29);4-10,13-15,19,23H,11-12H2,1-3H3,(H2,27,28)/t19-,22+,26-;18-,21+,25-;19-,21+,25-;15-,19+,23-/m0000/s1. The zero-order chi connectivity index (χ0) is 104. The molecule has 0 radical (unpaired) electrons. The molecule has 8 aromatic heterocycles. The zero-order valence-corrected chi connectivity index (χ0v) is 86.5. The molecule has 12 amide bonds. The third-order valence-corrected chi connectivity index (χ3v) is 28.4. The summed E-state index contributed by atoms with van der Waals surface area (Å²) in [5.74, 6) is -3.48. The highest BCUT2D eigenvalue weighted by molar-refractivity contribution is 7.14. The second kappa shape index (κ2) is 49.1. The number of hydrogen-bond acceptors (Lipinski definition) is 24. The van der Waals surface area contributed by atoms with Crippen molar-refractivity contribution in [2.45, 2.75) is 153 Å². The average molecular weight is 2050 g/mol. The van der Waals surface area contributed by atoms with Gasteiger partial charge in [0, 0.05) is 172 Å². The number of halogens is 3. The van der Waals surface area contributed by atoms with Crippen molar-refractivity contribution in [3.05, 3.63) is 290 Å². The highest BCUT2D eigenvalue weighted by atomic mass is 35.5. The number of aromatic nitrogens is 10. The topological polar surface area (TPSA) is 398 Å². The summed E-state index contributed by atoms with van der Waals surface area (Å²) in [4.78, 5) is 189. The van der Waals surface area contributed by atoms with Crippen molar-refractivity contribution >= 4 is 163 Å². The van der Waals surface area contributed by atoms with Gasteiger partial charge in [-0.2, -0.15) is 15.3 Å². The van der Waals surface area contributed by atoms with Crippen molar-refractivity contribution in [2.75, 3.05) is 90.1 Å². The first-order chi connectivity index (χ1) is 69.5. The van der Waals surface area contributed by atoms with E-state index < -0.39 is 53.7 Å². The number of hydrogen-bond donors (Lipinski definition) is 4. The molecule has 12 aromatic rings. The summed E-state index contributed by atoms with van der Waals surface area (Å²) in [5, 5.41) is 26.5. The first-order valence-electron chi connectivity index (χ1n) is 48.1. The fourth-order valence-electron chi connectivity index (χ4n) is 18.6. The maximum absolute atomic E-state index is 13.7. The van der Waals surface area contributed by atoms with Gasteiger partial charge >= 0.3 is 0 Å². The number of imide groups is 4. The monoisotopic (exact) mass is 2040 g/mol. The Labute approximate surface area is 862 Å². The molecule has 12 atom stereocenters. The van der Waals surface area contributed by atoms with Gasteiger partial charge in [0.2, 0.25) is 47.3 Å². The summed E-state index contributed by atoms with van der Waals surface area (Å²) >= 11 is 19.9. The number of carbonyl (C=O) groups excluding carboxylic acids is 12. The van der Waals surface area contributed by atoms with Gasteiger partial charge in [0.25, 0.3) is 23.6 Å². The van der Waals surface area contributed by atoms with E-state index in [1.165, 1.54) is 30.9 Å². The molecule has 0 unspecified atom stereocenters. The molecule has 0 spiro atoms. The Balaban J connectivity index is 0.000000162. The van der Waals surface area contributed by atoms with E-state index in [-0.39, 0.29) is 121 Å². The van der Waals surface area contributed by atoms with Crippen LogP contribution in [0.25, 0.3) is 0 Å². The minimum atomic E-state index is -0.942. The zero-order valence-electron chi connectivity index (χ0n) is 83.4. The molecule has 758 valence electrons. The third-order valence-electron chi connectivity index (χ3n) is 26.8. The van der Waals surface area contributed by atoms with E-state index in [2.05, 4.69) is 51.2 Å². The van der Waals surface area contributed by atoms with E-state index in [0.29, 0.717) is 94.4 Å². The molecule has 4 saturated heterocycles. The second-order valence-electron chi connectivity index (χ2n) is 36.4. The number of rotatable bonds is 35. The number of pyridine rings is 4. The van der Waals surface area contributed by atoms with Crippen LogP contribution in [-0.2, 0) is 104 Å². The highest BCUT2D eigenvalue weighted by Crippen LogP contribution is 2.42. The van der Waals surface area contributed by atoms with Crippen LogP contribution in [0.4, 0.5) is 45.7 Å². The molecule has 12 heterocycles. The molecule has 34 nitrogen and oxygen atoms in total. The van der Waals surface area contributed by atoms with Crippen LogP contribution in [0.2, 0.25) is 15.1 Å². The van der Waals surface area contributed by atoms with Crippen molar-refractivity contribution in [1.82, 2.24) is 68.9 Å². The van der Waals surface area contributed by atoms with Crippen LogP contribution in [0.15, 0.2) is 231 Å². The maximum atomic E-state index is 13.7. The summed E-state index contributed by atoms with van der Waals surface area (Å²) in [6, 6.07) is 51.6. The fraction of sp³-hybridized carbons (Fsp3) is 0.355. The van der Waals surface area contributed by atoms with Crippen LogP contribution < -0.4 is 41.3 Å². The van der Waals surface area contributed by atoms with Gasteiger partial charge in [0.05, 0.1) is 28.7 Å². The molecular weight excluding hydrogens is 1920 g/mol. The van der Waals surface area contributed by atoms with Crippen LogP contribution in [-0.4, -0.2) is 213 Å². The molecule has 4 aliphatic rings. The van der Waals surface area contributed by atoms with Gasteiger partial charge in [-0.3, -0.25) is 106 Å². The van der Waals surface area contributed by atoms with Gasteiger partial charge in [-0.05, 0) is 222 Å². The highest BCUT2D eigenvalue weighted by Gasteiger charge is 2.59. The number of carbonyl (C=O) groups is 12. The molecule has 0 aliphatic carbocycles. The molecule has 145 heavy (non-hydrogen) atoms. The Bertz CT molecular complexity index is 6660. The molecule has 38 heteroatoms. The van der Waals surface area contributed by atoms with Gasteiger partial charge in [0.15, 0.2) is 17.5 Å². The van der Waals surface area contributed by atoms with E-state index >= 15 is 0 Å². The lowest BCUT2D eigenvalue weighted by Gasteiger charge is -2.46. The van der Waals surface area contributed by atoms with E-state index in [9.17, 15) is 57.5 Å². The number of aryl methyl sites for hydroxylation is 3. The van der Waals surface area contributed by atoms with Crippen molar-refractivity contribution in [3.63, 3.8) is 0 Å². The van der Waals surface area contributed by atoms with E-state index in [0.717, 1.165) is 70.6 Å².